The Bertz CT molecular complexity index is 1240. The minimum atomic E-state index is -0.349. The summed E-state index contributed by atoms with van der Waals surface area (Å²) in [6, 6.07) is 12.5. The van der Waals surface area contributed by atoms with Gasteiger partial charge in [-0.25, -0.2) is 9.48 Å². The molecule has 0 aliphatic rings. The smallest absolute Gasteiger partial charge is 0.368 e. The van der Waals surface area contributed by atoms with Crippen molar-refractivity contribution in [3.05, 3.63) is 76.0 Å². The first kappa shape index (κ1) is 18.5. The Hall–Kier alpha value is -3.88. The van der Waals surface area contributed by atoms with Gasteiger partial charge >= 0.3 is 5.69 Å². The monoisotopic (exact) mass is 392 g/mol. The summed E-state index contributed by atoms with van der Waals surface area (Å²) >= 11 is 0. The molecular weight excluding hydrogens is 372 g/mol. The fourth-order valence-electron chi connectivity index (χ4n) is 3.02. The van der Waals surface area contributed by atoms with Gasteiger partial charge in [0.15, 0.2) is 11.5 Å². The van der Waals surface area contributed by atoms with E-state index in [4.69, 9.17) is 4.74 Å². The quantitative estimate of drug-likeness (QED) is 0.558. The van der Waals surface area contributed by atoms with E-state index in [-0.39, 0.29) is 18.0 Å². The highest BCUT2D eigenvalue weighted by Crippen LogP contribution is 2.30. The van der Waals surface area contributed by atoms with Crippen LogP contribution < -0.4 is 10.4 Å². The van der Waals surface area contributed by atoms with Crippen LogP contribution in [0.1, 0.15) is 16.8 Å². The second-order valence-electron chi connectivity index (χ2n) is 6.71. The van der Waals surface area contributed by atoms with Crippen molar-refractivity contribution in [2.24, 2.45) is 7.05 Å². The fraction of sp³-hybridized carbons (Fsp3) is 0.200. The molecule has 29 heavy (non-hydrogen) atoms. The molecule has 9 heteroatoms. The molecule has 9 nitrogen and oxygen atoms in total. The first-order valence-corrected chi connectivity index (χ1v) is 9.00. The van der Waals surface area contributed by atoms with Gasteiger partial charge in [-0.15, -0.1) is 0 Å². The Morgan fingerprint density at radius 1 is 1.10 bits per heavy atom. The molecule has 0 unspecified atom stereocenters. The molecule has 0 spiro atoms. The molecule has 0 aliphatic carbocycles. The highest BCUT2D eigenvalue weighted by molar-refractivity contribution is 5.49. The SMILES string of the molecule is Cc1ccn(-c2ccc(OCc3c(C)cccc3-n3nnn(C)c3=O)c(O)c2)n1. The first-order chi connectivity index (χ1) is 13.9. The minimum absolute atomic E-state index is 0.00227. The molecule has 0 aliphatic heterocycles. The van der Waals surface area contributed by atoms with E-state index in [0.29, 0.717) is 11.4 Å². The van der Waals surface area contributed by atoms with Crippen LogP contribution in [0.3, 0.4) is 0 Å². The molecule has 0 saturated heterocycles. The number of hydrogen-bond donors (Lipinski definition) is 1. The number of aromatic hydroxyl groups is 1. The molecule has 148 valence electrons. The summed E-state index contributed by atoms with van der Waals surface area (Å²) < 4.78 is 9.93. The van der Waals surface area contributed by atoms with Gasteiger partial charge < -0.3 is 9.84 Å². The molecule has 0 radical (unpaired) electrons. The van der Waals surface area contributed by atoms with Crippen molar-refractivity contribution in [2.75, 3.05) is 0 Å². The Morgan fingerprint density at radius 3 is 2.59 bits per heavy atom. The van der Waals surface area contributed by atoms with Crippen molar-refractivity contribution in [2.45, 2.75) is 20.5 Å². The van der Waals surface area contributed by atoms with E-state index in [9.17, 15) is 9.90 Å². The number of aromatic nitrogens is 6. The normalized spacial score (nSPS) is 11.0. The van der Waals surface area contributed by atoms with Crippen molar-refractivity contribution in [3.63, 3.8) is 0 Å². The second-order valence-corrected chi connectivity index (χ2v) is 6.71. The third kappa shape index (κ3) is 3.49. The lowest BCUT2D eigenvalue weighted by Crippen LogP contribution is -2.23. The fourth-order valence-corrected chi connectivity index (χ4v) is 3.02. The van der Waals surface area contributed by atoms with Crippen LogP contribution in [0, 0.1) is 13.8 Å². The van der Waals surface area contributed by atoms with Crippen LogP contribution in [0.15, 0.2) is 53.5 Å². The predicted molar refractivity (Wildman–Crippen MR) is 106 cm³/mol. The zero-order chi connectivity index (χ0) is 20.5. The van der Waals surface area contributed by atoms with Crippen LogP contribution in [0.5, 0.6) is 11.5 Å². The topological polar surface area (TPSA) is 100.0 Å². The van der Waals surface area contributed by atoms with E-state index in [1.165, 1.54) is 4.68 Å². The molecule has 4 rings (SSSR count). The summed E-state index contributed by atoms with van der Waals surface area (Å²) in [7, 11) is 1.54. The molecule has 0 amide bonds. The number of hydrogen-bond acceptors (Lipinski definition) is 6. The van der Waals surface area contributed by atoms with Gasteiger partial charge in [-0.05, 0) is 54.1 Å². The predicted octanol–water partition coefficient (Wildman–Crippen LogP) is 2.05. The zero-order valence-electron chi connectivity index (χ0n) is 16.3. The Labute approximate surface area is 166 Å². The third-order valence-electron chi connectivity index (χ3n) is 4.64. The maximum atomic E-state index is 12.2. The van der Waals surface area contributed by atoms with Crippen LogP contribution in [-0.2, 0) is 13.7 Å². The molecular formula is C20H20N6O3. The van der Waals surface area contributed by atoms with Crippen molar-refractivity contribution in [3.8, 4) is 22.9 Å². The number of nitrogens with zero attached hydrogens (tertiary/aromatic N) is 6. The number of ether oxygens (including phenoxy) is 1. The second kappa shape index (κ2) is 7.27. The van der Waals surface area contributed by atoms with Crippen LogP contribution >= 0.6 is 0 Å². The molecule has 1 N–H and O–H groups in total. The Morgan fingerprint density at radius 2 is 1.93 bits per heavy atom. The van der Waals surface area contributed by atoms with E-state index in [1.807, 2.05) is 44.3 Å². The van der Waals surface area contributed by atoms with Crippen molar-refractivity contribution in [1.29, 1.82) is 0 Å². The Balaban J connectivity index is 1.61. The number of phenolic OH excluding ortho intramolecular Hbond substituents is 1. The summed E-state index contributed by atoms with van der Waals surface area (Å²) in [5.41, 5.74) is 3.57. The highest BCUT2D eigenvalue weighted by Gasteiger charge is 2.14. The molecule has 2 heterocycles. The standard InChI is InChI=1S/C20H20N6O3/c1-13-5-4-6-17(26-20(28)24(3)22-23-26)16(13)12-29-19-8-7-15(11-18(19)27)25-10-9-14(2)21-25/h4-11,27H,12H2,1-3H3. The van der Waals surface area contributed by atoms with Gasteiger partial charge in [-0.2, -0.15) is 14.5 Å². The lowest BCUT2D eigenvalue weighted by atomic mass is 10.1. The summed E-state index contributed by atoms with van der Waals surface area (Å²) in [5.74, 6) is 0.334. The molecule has 0 fully saturated rings. The summed E-state index contributed by atoms with van der Waals surface area (Å²) in [4.78, 5) is 12.2. The van der Waals surface area contributed by atoms with E-state index in [1.54, 1.807) is 29.9 Å². The zero-order valence-corrected chi connectivity index (χ0v) is 16.3. The molecule has 2 aromatic heterocycles. The average Bonchev–Trinajstić information content (AvgIpc) is 3.27. The molecule has 4 aromatic rings. The summed E-state index contributed by atoms with van der Waals surface area (Å²) in [5, 5.41) is 22.4. The van der Waals surface area contributed by atoms with Crippen molar-refractivity contribution < 1.29 is 9.84 Å². The van der Waals surface area contributed by atoms with Gasteiger partial charge in [0.05, 0.1) is 17.1 Å². The molecule has 0 bridgehead atoms. The maximum Gasteiger partial charge on any atom is 0.368 e. The number of aryl methyl sites for hydroxylation is 3. The van der Waals surface area contributed by atoms with Gasteiger partial charge in [-0.1, -0.05) is 12.1 Å². The van der Waals surface area contributed by atoms with Crippen LogP contribution in [-0.4, -0.2) is 34.7 Å². The van der Waals surface area contributed by atoms with Gasteiger partial charge in [-0.3, -0.25) is 0 Å². The number of benzene rings is 2. The van der Waals surface area contributed by atoms with Gasteiger partial charge in [0.2, 0.25) is 0 Å². The van der Waals surface area contributed by atoms with Gasteiger partial charge in [0.25, 0.3) is 0 Å². The summed E-state index contributed by atoms with van der Waals surface area (Å²) in [6.45, 7) is 3.97. The lowest BCUT2D eigenvalue weighted by Gasteiger charge is -2.14. The lowest BCUT2D eigenvalue weighted by molar-refractivity contribution is 0.287. The molecule has 0 atom stereocenters. The average molecular weight is 392 g/mol. The van der Waals surface area contributed by atoms with Crippen molar-refractivity contribution in [1.82, 2.24) is 29.6 Å². The first-order valence-electron chi connectivity index (χ1n) is 9.00. The maximum absolute atomic E-state index is 12.2. The van der Waals surface area contributed by atoms with Crippen molar-refractivity contribution >= 4 is 0 Å². The van der Waals surface area contributed by atoms with E-state index in [2.05, 4.69) is 15.5 Å². The largest absolute Gasteiger partial charge is 0.504 e. The van der Waals surface area contributed by atoms with Gasteiger partial charge in [0.1, 0.15) is 6.61 Å². The minimum Gasteiger partial charge on any atom is -0.504 e. The van der Waals surface area contributed by atoms with Crippen LogP contribution in [0.25, 0.3) is 11.4 Å². The highest BCUT2D eigenvalue weighted by atomic mass is 16.5. The van der Waals surface area contributed by atoms with E-state index < -0.39 is 0 Å². The van der Waals surface area contributed by atoms with E-state index >= 15 is 0 Å². The number of phenols is 1. The molecule has 2 aromatic carbocycles. The third-order valence-corrected chi connectivity index (χ3v) is 4.64. The summed E-state index contributed by atoms with van der Waals surface area (Å²) in [6.07, 6.45) is 1.82. The van der Waals surface area contributed by atoms with Crippen LogP contribution in [0.2, 0.25) is 0 Å². The van der Waals surface area contributed by atoms with Gasteiger partial charge in [0, 0.05) is 24.9 Å². The van der Waals surface area contributed by atoms with E-state index in [0.717, 1.165) is 27.2 Å². The Kier molecular flexibility index (Phi) is 4.63. The molecule has 0 saturated carbocycles. The van der Waals surface area contributed by atoms with Crippen LogP contribution in [0.4, 0.5) is 0 Å². The number of rotatable bonds is 5. The number of tetrazole rings is 1.